The highest BCUT2D eigenvalue weighted by Gasteiger charge is 2.30. The van der Waals surface area contributed by atoms with E-state index in [9.17, 15) is 10.1 Å². The van der Waals surface area contributed by atoms with Crippen molar-refractivity contribution in [2.45, 2.75) is 9.79 Å². The minimum absolute atomic E-state index is 0.0420. The third-order valence-electron chi connectivity index (χ3n) is 4.69. The van der Waals surface area contributed by atoms with Crippen molar-refractivity contribution in [2.24, 2.45) is 0 Å². The molecule has 3 aromatic rings. The molecule has 140 valence electrons. The van der Waals surface area contributed by atoms with Gasteiger partial charge in [-0.15, -0.1) is 0 Å². The van der Waals surface area contributed by atoms with Crippen LogP contribution in [0.15, 0.2) is 82.1 Å². The minimum Gasteiger partial charge on any atom is -0.454 e. The molecule has 0 bridgehead atoms. The summed E-state index contributed by atoms with van der Waals surface area (Å²) in [5.74, 6) is 0.891. The fourth-order valence-electron chi connectivity index (χ4n) is 3.36. The van der Waals surface area contributed by atoms with Crippen molar-refractivity contribution in [3.05, 3.63) is 77.9 Å². The predicted molar refractivity (Wildman–Crippen MR) is 110 cm³/mol. The SMILES string of the molecule is N#C/C(=C\c1ccc2c(c1)OCO2)C(=O)N1c2ccccc2Sc2ccccc21. The van der Waals surface area contributed by atoms with Crippen LogP contribution in [0.5, 0.6) is 11.5 Å². The number of para-hydroxylation sites is 2. The Morgan fingerprint density at radius 3 is 2.31 bits per heavy atom. The van der Waals surface area contributed by atoms with Crippen LogP contribution in [0.3, 0.4) is 0 Å². The lowest BCUT2D eigenvalue weighted by Crippen LogP contribution is -2.29. The molecule has 6 heteroatoms. The number of carbonyl (C=O) groups excluding carboxylic acids is 1. The summed E-state index contributed by atoms with van der Waals surface area (Å²) >= 11 is 1.61. The average Bonchev–Trinajstić information content (AvgIpc) is 3.23. The van der Waals surface area contributed by atoms with E-state index in [1.54, 1.807) is 40.9 Å². The second-order valence-corrected chi connectivity index (χ2v) is 7.54. The Labute approximate surface area is 171 Å². The van der Waals surface area contributed by atoms with Crippen LogP contribution in [0, 0.1) is 11.3 Å². The number of ether oxygens (including phenoxy) is 2. The highest BCUT2D eigenvalue weighted by atomic mass is 32.2. The van der Waals surface area contributed by atoms with E-state index in [1.165, 1.54) is 0 Å². The molecule has 2 heterocycles. The molecule has 29 heavy (non-hydrogen) atoms. The number of fused-ring (bicyclic) bond motifs is 3. The van der Waals surface area contributed by atoms with Gasteiger partial charge in [-0.05, 0) is 48.0 Å². The van der Waals surface area contributed by atoms with Crippen LogP contribution >= 0.6 is 11.8 Å². The highest BCUT2D eigenvalue weighted by molar-refractivity contribution is 7.99. The van der Waals surface area contributed by atoms with Crippen LogP contribution in [-0.4, -0.2) is 12.7 Å². The molecule has 2 aliphatic heterocycles. The van der Waals surface area contributed by atoms with Gasteiger partial charge in [0.25, 0.3) is 5.91 Å². The van der Waals surface area contributed by atoms with Gasteiger partial charge in [-0.2, -0.15) is 5.26 Å². The summed E-state index contributed by atoms with van der Waals surface area (Å²) in [5, 5.41) is 9.75. The van der Waals surface area contributed by atoms with Crippen LogP contribution in [0.4, 0.5) is 11.4 Å². The van der Waals surface area contributed by atoms with E-state index < -0.39 is 0 Å². The van der Waals surface area contributed by atoms with Gasteiger partial charge in [0, 0.05) is 9.79 Å². The summed E-state index contributed by atoms with van der Waals surface area (Å²) in [5.41, 5.74) is 2.29. The zero-order chi connectivity index (χ0) is 19.8. The first-order valence-electron chi connectivity index (χ1n) is 8.96. The first-order valence-corrected chi connectivity index (χ1v) is 9.78. The molecule has 0 aromatic heterocycles. The number of benzene rings is 3. The smallest absolute Gasteiger partial charge is 0.273 e. The second-order valence-electron chi connectivity index (χ2n) is 6.46. The van der Waals surface area contributed by atoms with E-state index in [4.69, 9.17) is 9.47 Å². The van der Waals surface area contributed by atoms with Gasteiger partial charge in [-0.1, -0.05) is 42.1 Å². The molecule has 0 fully saturated rings. The number of hydrogen-bond acceptors (Lipinski definition) is 5. The molecule has 0 spiro atoms. The Bertz CT molecular complexity index is 1170. The van der Waals surface area contributed by atoms with Gasteiger partial charge >= 0.3 is 0 Å². The van der Waals surface area contributed by atoms with Crippen LogP contribution in [0.2, 0.25) is 0 Å². The van der Waals surface area contributed by atoms with Crippen molar-refractivity contribution >= 4 is 35.1 Å². The van der Waals surface area contributed by atoms with Crippen molar-refractivity contribution in [3.8, 4) is 17.6 Å². The lowest BCUT2D eigenvalue weighted by molar-refractivity contribution is -0.114. The molecule has 5 nitrogen and oxygen atoms in total. The lowest BCUT2D eigenvalue weighted by atomic mass is 10.1. The monoisotopic (exact) mass is 398 g/mol. The summed E-state index contributed by atoms with van der Waals surface area (Å²) in [7, 11) is 0. The molecule has 5 rings (SSSR count). The van der Waals surface area contributed by atoms with E-state index in [0.717, 1.165) is 21.2 Å². The van der Waals surface area contributed by atoms with Gasteiger partial charge in [0.1, 0.15) is 11.6 Å². The van der Waals surface area contributed by atoms with E-state index >= 15 is 0 Å². The molecule has 0 N–H and O–H groups in total. The normalized spacial score (nSPS) is 14.0. The maximum atomic E-state index is 13.5. The van der Waals surface area contributed by atoms with Gasteiger partial charge in [0.05, 0.1) is 11.4 Å². The average molecular weight is 398 g/mol. The van der Waals surface area contributed by atoms with Crippen LogP contribution < -0.4 is 14.4 Å². The van der Waals surface area contributed by atoms with Crippen LogP contribution in [0.1, 0.15) is 5.56 Å². The standard InChI is InChI=1S/C23H14N2O3S/c24-13-16(11-15-9-10-19-20(12-15)28-14-27-19)23(26)25-17-5-1-3-7-21(17)29-22-8-4-2-6-18(22)25/h1-12H,14H2/b16-11+. The molecule has 0 atom stereocenters. The van der Waals surface area contributed by atoms with Gasteiger partial charge in [-0.3, -0.25) is 9.69 Å². The first kappa shape index (κ1) is 17.4. The van der Waals surface area contributed by atoms with Crippen LogP contribution in [-0.2, 0) is 4.79 Å². The van der Waals surface area contributed by atoms with Crippen LogP contribution in [0.25, 0.3) is 6.08 Å². The lowest BCUT2D eigenvalue weighted by Gasteiger charge is -2.30. The Balaban J connectivity index is 1.58. The maximum Gasteiger partial charge on any atom is 0.273 e. The maximum absolute atomic E-state index is 13.5. The number of nitriles is 1. The molecule has 0 radical (unpaired) electrons. The number of nitrogens with zero attached hydrogens (tertiary/aromatic N) is 2. The number of hydrogen-bond donors (Lipinski definition) is 0. The number of anilines is 2. The van der Waals surface area contributed by atoms with Gasteiger partial charge < -0.3 is 9.47 Å². The van der Waals surface area contributed by atoms with Crippen molar-refractivity contribution in [1.82, 2.24) is 0 Å². The summed E-state index contributed by atoms with van der Waals surface area (Å²) in [6.45, 7) is 0.172. The fourth-order valence-corrected chi connectivity index (χ4v) is 4.41. The quantitative estimate of drug-likeness (QED) is 0.441. The van der Waals surface area contributed by atoms with Crippen molar-refractivity contribution in [3.63, 3.8) is 0 Å². The zero-order valence-electron chi connectivity index (χ0n) is 15.2. The van der Waals surface area contributed by atoms with Gasteiger partial charge in [-0.25, -0.2) is 0 Å². The van der Waals surface area contributed by atoms with Gasteiger partial charge in [0.15, 0.2) is 11.5 Å². The molecule has 1 amide bonds. The van der Waals surface area contributed by atoms with E-state index in [0.29, 0.717) is 17.1 Å². The summed E-state index contributed by atoms with van der Waals surface area (Å²) in [6, 6.07) is 22.8. The third-order valence-corrected chi connectivity index (χ3v) is 5.82. The fraction of sp³-hybridized carbons (Fsp3) is 0.0435. The highest BCUT2D eigenvalue weighted by Crippen LogP contribution is 2.48. The molecular formula is C23H14N2O3S. The minimum atomic E-state index is -0.370. The van der Waals surface area contributed by atoms with Crippen molar-refractivity contribution in [1.29, 1.82) is 5.26 Å². The molecule has 0 aliphatic carbocycles. The molecular weight excluding hydrogens is 384 g/mol. The van der Waals surface area contributed by atoms with E-state index in [1.807, 2.05) is 48.5 Å². The predicted octanol–water partition coefficient (Wildman–Crippen LogP) is 5.15. The summed E-state index contributed by atoms with van der Waals surface area (Å²) in [4.78, 5) is 17.0. The summed E-state index contributed by atoms with van der Waals surface area (Å²) < 4.78 is 10.7. The molecule has 0 unspecified atom stereocenters. The van der Waals surface area contributed by atoms with Gasteiger partial charge in [0.2, 0.25) is 6.79 Å². The van der Waals surface area contributed by atoms with Crippen molar-refractivity contribution < 1.29 is 14.3 Å². The number of rotatable bonds is 2. The topological polar surface area (TPSA) is 62.6 Å². The molecule has 0 saturated carbocycles. The first-order chi connectivity index (χ1) is 14.2. The second kappa shape index (κ2) is 7.04. The number of carbonyl (C=O) groups is 1. The Hall–Kier alpha value is -3.69. The summed E-state index contributed by atoms with van der Waals surface area (Å²) in [6.07, 6.45) is 1.58. The third kappa shape index (κ3) is 3.02. The van der Waals surface area contributed by atoms with Crippen molar-refractivity contribution in [2.75, 3.05) is 11.7 Å². The Morgan fingerprint density at radius 1 is 0.966 bits per heavy atom. The molecule has 3 aromatic carbocycles. The van der Waals surface area contributed by atoms with E-state index in [2.05, 4.69) is 6.07 Å². The Morgan fingerprint density at radius 2 is 1.62 bits per heavy atom. The number of amides is 1. The zero-order valence-corrected chi connectivity index (χ0v) is 16.0. The molecule has 0 saturated heterocycles. The Kier molecular flexibility index (Phi) is 4.23. The largest absolute Gasteiger partial charge is 0.454 e. The molecule has 2 aliphatic rings. The van der Waals surface area contributed by atoms with E-state index in [-0.39, 0.29) is 18.3 Å².